The highest BCUT2D eigenvalue weighted by Crippen LogP contribution is 2.24. The SMILES string of the molecule is C=CCNCc1cc(OC)ccc1OCCC. The Morgan fingerprint density at radius 1 is 1.41 bits per heavy atom. The van der Waals surface area contributed by atoms with Gasteiger partial charge in [-0.2, -0.15) is 0 Å². The van der Waals surface area contributed by atoms with Crippen LogP contribution in [0.4, 0.5) is 0 Å². The molecule has 1 aromatic carbocycles. The Labute approximate surface area is 103 Å². The second-order valence-corrected chi connectivity index (χ2v) is 3.74. The maximum absolute atomic E-state index is 5.70. The summed E-state index contributed by atoms with van der Waals surface area (Å²) >= 11 is 0. The van der Waals surface area contributed by atoms with E-state index in [1.54, 1.807) is 7.11 Å². The van der Waals surface area contributed by atoms with Crippen molar-refractivity contribution in [3.8, 4) is 11.5 Å². The Hall–Kier alpha value is -1.48. The Kier molecular flexibility index (Phi) is 6.18. The van der Waals surface area contributed by atoms with Crippen molar-refractivity contribution >= 4 is 0 Å². The van der Waals surface area contributed by atoms with Gasteiger partial charge in [-0.25, -0.2) is 0 Å². The summed E-state index contributed by atoms with van der Waals surface area (Å²) < 4.78 is 10.9. The van der Waals surface area contributed by atoms with Crippen molar-refractivity contribution in [2.45, 2.75) is 19.9 Å². The minimum atomic E-state index is 0.737. The highest BCUT2D eigenvalue weighted by atomic mass is 16.5. The van der Waals surface area contributed by atoms with Crippen LogP contribution in [0.5, 0.6) is 11.5 Å². The summed E-state index contributed by atoms with van der Waals surface area (Å²) in [4.78, 5) is 0. The third-order valence-corrected chi connectivity index (χ3v) is 2.33. The summed E-state index contributed by atoms with van der Waals surface area (Å²) in [5, 5.41) is 3.27. The normalized spacial score (nSPS) is 10.0. The van der Waals surface area contributed by atoms with E-state index in [0.717, 1.165) is 43.2 Å². The molecule has 0 aliphatic rings. The molecule has 0 radical (unpaired) electrons. The van der Waals surface area contributed by atoms with Crippen molar-refractivity contribution in [3.63, 3.8) is 0 Å². The first-order valence-electron chi connectivity index (χ1n) is 5.93. The standard InChI is InChI=1S/C14H21NO2/c1-4-8-15-11-12-10-13(16-3)6-7-14(12)17-9-5-2/h4,6-7,10,15H,1,5,8-9,11H2,2-3H3. The van der Waals surface area contributed by atoms with Crippen LogP contribution in [-0.4, -0.2) is 20.3 Å². The topological polar surface area (TPSA) is 30.5 Å². The van der Waals surface area contributed by atoms with Crippen molar-refractivity contribution in [1.82, 2.24) is 5.32 Å². The highest BCUT2D eigenvalue weighted by molar-refractivity contribution is 5.40. The van der Waals surface area contributed by atoms with Gasteiger partial charge in [-0.15, -0.1) is 6.58 Å². The number of rotatable bonds is 8. The molecule has 94 valence electrons. The number of hydrogen-bond acceptors (Lipinski definition) is 3. The lowest BCUT2D eigenvalue weighted by molar-refractivity contribution is 0.312. The number of benzene rings is 1. The molecule has 0 aromatic heterocycles. The van der Waals surface area contributed by atoms with Gasteiger partial charge in [0.15, 0.2) is 0 Å². The Morgan fingerprint density at radius 3 is 2.88 bits per heavy atom. The third-order valence-electron chi connectivity index (χ3n) is 2.33. The minimum absolute atomic E-state index is 0.737. The first-order chi connectivity index (χ1) is 8.31. The quantitative estimate of drug-likeness (QED) is 0.555. The molecule has 0 fully saturated rings. The summed E-state index contributed by atoms with van der Waals surface area (Å²) in [6.45, 7) is 8.05. The molecule has 3 heteroatoms. The second kappa shape index (κ2) is 7.74. The molecule has 0 atom stereocenters. The predicted molar refractivity (Wildman–Crippen MR) is 70.7 cm³/mol. The summed E-state index contributed by atoms with van der Waals surface area (Å²) in [6, 6.07) is 5.88. The fraction of sp³-hybridized carbons (Fsp3) is 0.429. The van der Waals surface area contributed by atoms with E-state index in [9.17, 15) is 0 Å². The highest BCUT2D eigenvalue weighted by Gasteiger charge is 2.05. The van der Waals surface area contributed by atoms with E-state index in [2.05, 4.69) is 18.8 Å². The largest absolute Gasteiger partial charge is 0.497 e. The molecule has 0 heterocycles. The van der Waals surface area contributed by atoms with Crippen LogP contribution in [0.3, 0.4) is 0 Å². The molecule has 0 bridgehead atoms. The zero-order valence-electron chi connectivity index (χ0n) is 10.7. The average molecular weight is 235 g/mol. The van der Waals surface area contributed by atoms with E-state index in [4.69, 9.17) is 9.47 Å². The summed E-state index contributed by atoms with van der Waals surface area (Å²) in [7, 11) is 1.67. The van der Waals surface area contributed by atoms with Gasteiger partial charge in [0.05, 0.1) is 13.7 Å². The molecular formula is C14H21NO2. The van der Waals surface area contributed by atoms with Crippen LogP contribution in [0.1, 0.15) is 18.9 Å². The fourth-order valence-electron chi connectivity index (χ4n) is 1.48. The Bertz CT molecular complexity index is 350. The van der Waals surface area contributed by atoms with Crippen LogP contribution in [0.25, 0.3) is 0 Å². The van der Waals surface area contributed by atoms with E-state index >= 15 is 0 Å². The van der Waals surface area contributed by atoms with Crippen LogP contribution in [-0.2, 0) is 6.54 Å². The maximum Gasteiger partial charge on any atom is 0.124 e. The van der Waals surface area contributed by atoms with Gasteiger partial charge in [-0.3, -0.25) is 0 Å². The van der Waals surface area contributed by atoms with Gasteiger partial charge >= 0.3 is 0 Å². The smallest absolute Gasteiger partial charge is 0.124 e. The van der Waals surface area contributed by atoms with E-state index in [-0.39, 0.29) is 0 Å². The van der Waals surface area contributed by atoms with Crippen LogP contribution in [0.15, 0.2) is 30.9 Å². The first-order valence-corrected chi connectivity index (χ1v) is 5.93. The lowest BCUT2D eigenvalue weighted by Crippen LogP contribution is -2.13. The van der Waals surface area contributed by atoms with Crippen LogP contribution >= 0.6 is 0 Å². The molecule has 0 amide bonds. The summed E-state index contributed by atoms with van der Waals surface area (Å²) in [6.07, 6.45) is 2.85. The molecule has 0 unspecified atom stereocenters. The van der Waals surface area contributed by atoms with Gasteiger partial charge < -0.3 is 14.8 Å². The maximum atomic E-state index is 5.70. The summed E-state index contributed by atoms with van der Waals surface area (Å²) in [5.41, 5.74) is 1.11. The minimum Gasteiger partial charge on any atom is -0.497 e. The van der Waals surface area contributed by atoms with E-state index in [1.165, 1.54) is 0 Å². The van der Waals surface area contributed by atoms with E-state index in [1.807, 2.05) is 24.3 Å². The van der Waals surface area contributed by atoms with Crippen molar-refractivity contribution in [2.75, 3.05) is 20.3 Å². The van der Waals surface area contributed by atoms with Gasteiger partial charge in [0.2, 0.25) is 0 Å². The van der Waals surface area contributed by atoms with E-state index < -0.39 is 0 Å². The van der Waals surface area contributed by atoms with Gasteiger partial charge in [-0.05, 0) is 24.6 Å². The monoisotopic (exact) mass is 235 g/mol. The van der Waals surface area contributed by atoms with Crippen molar-refractivity contribution in [2.24, 2.45) is 0 Å². The van der Waals surface area contributed by atoms with Gasteiger partial charge in [0, 0.05) is 18.7 Å². The molecule has 0 aliphatic carbocycles. The van der Waals surface area contributed by atoms with Crippen molar-refractivity contribution in [3.05, 3.63) is 36.4 Å². The number of ether oxygens (including phenoxy) is 2. The molecule has 1 aromatic rings. The lowest BCUT2D eigenvalue weighted by Gasteiger charge is -2.12. The van der Waals surface area contributed by atoms with E-state index in [0.29, 0.717) is 0 Å². The molecule has 3 nitrogen and oxygen atoms in total. The third kappa shape index (κ3) is 4.49. The molecule has 0 saturated heterocycles. The van der Waals surface area contributed by atoms with Crippen LogP contribution < -0.4 is 14.8 Å². The number of hydrogen-bond donors (Lipinski definition) is 1. The van der Waals surface area contributed by atoms with Crippen LogP contribution in [0, 0.1) is 0 Å². The zero-order chi connectivity index (χ0) is 12.5. The zero-order valence-corrected chi connectivity index (χ0v) is 10.7. The van der Waals surface area contributed by atoms with Gasteiger partial charge in [0.1, 0.15) is 11.5 Å². The molecule has 0 aliphatic heterocycles. The van der Waals surface area contributed by atoms with Gasteiger partial charge in [-0.1, -0.05) is 13.0 Å². The lowest BCUT2D eigenvalue weighted by atomic mass is 10.2. The van der Waals surface area contributed by atoms with Crippen molar-refractivity contribution in [1.29, 1.82) is 0 Å². The molecule has 0 spiro atoms. The molecule has 0 saturated carbocycles. The molecular weight excluding hydrogens is 214 g/mol. The molecule has 1 rings (SSSR count). The van der Waals surface area contributed by atoms with Gasteiger partial charge in [0.25, 0.3) is 0 Å². The number of methoxy groups -OCH3 is 1. The fourth-order valence-corrected chi connectivity index (χ4v) is 1.48. The molecule has 1 N–H and O–H groups in total. The van der Waals surface area contributed by atoms with Crippen LogP contribution in [0.2, 0.25) is 0 Å². The number of nitrogens with one attached hydrogen (secondary N) is 1. The Morgan fingerprint density at radius 2 is 2.24 bits per heavy atom. The Balaban J connectivity index is 2.74. The first kappa shape index (κ1) is 13.6. The average Bonchev–Trinajstić information content (AvgIpc) is 2.37. The summed E-state index contributed by atoms with van der Waals surface area (Å²) in [5.74, 6) is 1.77. The second-order valence-electron chi connectivity index (χ2n) is 3.74. The molecule has 17 heavy (non-hydrogen) atoms. The van der Waals surface area contributed by atoms with Crippen molar-refractivity contribution < 1.29 is 9.47 Å². The predicted octanol–water partition coefficient (Wildman–Crippen LogP) is 2.76.